The molecule has 2 aromatic heterocycles. The molecule has 4 nitrogen and oxygen atoms in total. The molecule has 2 rings (SSSR count). The van der Waals surface area contributed by atoms with E-state index in [-0.39, 0.29) is 0 Å². The Kier molecular flexibility index (Phi) is 4.28. The van der Waals surface area contributed by atoms with E-state index in [0.29, 0.717) is 0 Å². The van der Waals surface area contributed by atoms with Crippen LogP contribution in [0.3, 0.4) is 0 Å². The van der Waals surface area contributed by atoms with Gasteiger partial charge in [-0.05, 0) is 19.9 Å². The lowest BCUT2D eigenvalue weighted by atomic mass is 10.2. The summed E-state index contributed by atoms with van der Waals surface area (Å²) in [5.74, 6) is 0. The highest BCUT2D eigenvalue weighted by atomic mass is 32.1. The zero-order chi connectivity index (χ0) is 12.1. The monoisotopic (exact) mass is 250 g/mol. The van der Waals surface area contributed by atoms with Crippen LogP contribution >= 0.6 is 11.3 Å². The maximum atomic E-state index is 4.42. The molecular formula is C12H18N4S. The standard InChI is InChI=1S/C12H18N4S/c1-3-4-13-5-11-6-15-16(10(11)2)8-12-7-14-9-17-12/h6-7,9,13H,3-5,8H2,1-2H3. The van der Waals surface area contributed by atoms with Crippen LogP contribution in [-0.4, -0.2) is 21.3 Å². The fraction of sp³-hybridized carbons (Fsp3) is 0.500. The first-order valence-electron chi connectivity index (χ1n) is 5.90. The van der Waals surface area contributed by atoms with Gasteiger partial charge in [-0.1, -0.05) is 6.92 Å². The minimum Gasteiger partial charge on any atom is -0.313 e. The number of nitrogens with zero attached hydrogens (tertiary/aromatic N) is 3. The Bertz CT molecular complexity index is 447. The molecule has 0 radical (unpaired) electrons. The molecule has 1 N–H and O–H groups in total. The molecule has 2 aromatic rings. The molecule has 0 bridgehead atoms. The summed E-state index contributed by atoms with van der Waals surface area (Å²) < 4.78 is 2.04. The van der Waals surface area contributed by atoms with E-state index in [1.54, 1.807) is 11.3 Å². The number of aromatic nitrogens is 3. The third-order valence-electron chi connectivity index (χ3n) is 2.74. The fourth-order valence-electron chi connectivity index (χ4n) is 1.69. The average molecular weight is 250 g/mol. The first-order valence-corrected chi connectivity index (χ1v) is 6.78. The lowest BCUT2D eigenvalue weighted by Gasteiger charge is -2.04. The van der Waals surface area contributed by atoms with Gasteiger partial charge in [-0.2, -0.15) is 5.10 Å². The average Bonchev–Trinajstić information content (AvgIpc) is 2.94. The Morgan fingerprint density at radius 1 is 1.41 bits per heavy atom. The number of thiazole rings is 1. The molecule has 0 saturated carbocycles. The fourth-order valence-corrected chi connectivity index (χ4v) is 2.26. The van der Waals surface area contributed by atoms with E-state index in [2.05, 4.69) is 29.2 Å². The van der Waals surface area contributed by atoms with Gasteiger partial charge in [-0.25, -0.2) is 0 Å². The minimum atomic E-state index is 0.824. The van der Waals surface area contributed by atoms with Crippen LogP contribution in [0.2, 0.25) is 0 Å². The van der Waals surface area contributed by atoms with Crippen LogP contribution in [0, 0.1) is 6.92 Å². The third kappa shape index (κ3) is 3.14. The Morgan fingerprint density at radius 2 is 2.29 bits per heavy atom. The molecule has 0 aliphatic carbocycles. The molecule has 92 valence electrons. The summed E-state index contributed by atoms with van der Waals surface area (Å²) in [4.78, 5) is 5.32. The van der Waals surface area contributed by atoms with Gasteiger partial charge in [0.15, 0.2) is 0 Å². The van der Waals surface area contributed by atoms with Crippen LogP contribution in [0.1, 0.15) is 29.5 Å². The second kappa shape index (κ2) is 5.93. The van der Waals surface area contributed by atoms with Crippen molar-refractivity contribution in [2.45, 2.75) is 33.4 Å². The van der Waals surface area contributed by atoms with E-state index < -0.39 is 0 Å². The van der Waals surface area contributed by atoms with E-state index in [1.807, 2.05) is 22.6 Å². The van der Waals surface area contributed by atoms with Crippen LogP contribution in [0.4, 0.5) is 0 Å². The Morgan fingerprint density at radius 3 is 3.00 bits per heavy atom. The molecule has 2 heterocycles. The molecule has 0 aliphatic rings. The normalized spacial score (nSPS) is 10.9. The molecule has 0 fully saturated rings. The number of hydrogen-bond donors (Lipinski definition) is 1. The van der Waals surface area contributed by atoms with Crippen LogP contribution < -0.4 is 5.32 Å². The summed E-state index contributed by atoms with van der Waals surface area (Å²) in [6, 6.07) is 0. The maximum Gasteiger partial charge on any atom is 0.0794 e. The molecule has 0 unspecified atom stereocenters. The van der Waals surface area contributed by atoms with Crippen molar-refractivity contribution < 1.29 is 0 Å². The van der Waals surface area contributed by atoms with Gasteiger partial charge in [0.05, 0.1) is 18.3 Å². The number of nitrogens with one attached hydrogen (secondary N) is 1. The van der Waals surface area contributed by atoms with Gasteiger partial charge in [-0.15, -0.1) is 11.3 Å². The predicted octanol–water partition coefficient (Wildman–Crippen LogP) is 2.20. The van der Waals surface area contributed by atoms with Gasteiger partial charge in [0.2, 0.25) is 0 Å². The zero-order valence-corrected chi connectivity index (χ0v) is 11.1. The molecule has 0 saturated heterocycles. The first-order chi connectivity index (χ1) is 8.31. The van der Waals surface area contributed by atoms with Crippen molar-refractivity contribution in [2.75, 3.05) is 6.54 Å². The largest absolute Gasteiger partial charge is 0.313 e. The van der Waals surface area contributed by atoms with Crippen molar-refractivity contribution in [3.8, 4) is 0 Å². The summed E-state index contributed by atoms with van der Waals surface area (Å²) in [7, 11) is 0. The second-order valence-corrected chi connectivity index (χ2v) is 5.03. The first kappa shape index (κ1) is 12.3. The topological polar surface area (TPSA) is 42.7 Å². The highest BCUT2D eigenvalue weighted by molar-refractivity contribution is 7.09. The molecule has 5 heteroatoms. The molecule has 17 heavy (non-hydrogen) atoms. The molecule has 0 amide bonds. The van der Waals surface area contributed by atoms with Crippen LogP contribution in [0.15, 0.2) is 17.9 Å². The SMILES string of the molecule is CCCNCc1cnn(Cc2cncs2)c1C. The van der Waals surface area contributed by atoms with Gasteiger partial charge < -0.3 is 5.32 Å². The summed E-state index contributed by atoms with van der Waals surface area (Å²) >= 11 is 1.67. The molecular weight excluding hydrogens is 232 g/mol. The smallest absolute Gasteiger partial charge is 0.0794 e. The molecule has 0 spiro atoms. The maximum absolute atomic E-state index is 4.42. The van der Waals surface area contributed by atoms with Crippen LogP contribution in [0.5, 0.6) is 0 Å². The lowest BCUT2D eigenvalue weighted by Crippen LogP contribution is -2.14. The van der Waals surface area contributed by atoms with Gasteiger partial charge in [0, 0.05) is 28.9 Å². The number of rotatable bonds is 6. The summed E-state index contributed by atoms with van der Waals surface area (Å²) in [6.07, 6.45) is 5.02. The molecule has 0 aliphatic heterocycles. The number of hydrogen-bond acceptors (Lipinski definition) is 4. The van der Waals surface area contributed by atoms with Gasteiger partial charge in [0.25, 0.3) is 0 Å². The Labute approximate surface area is 106 Å². The van der Waals surface area contributed by atoms with Crippen molar-refractivity contribution >= 4 is 11.3 Å². The second-order valence-electron chi connectivity index (χ2n) is 4.06. The van der Waals surface area contributed by atoms with E-state index in [4.69, 9.17) is 0 Å². The van der Waals surface area contributed by atoms with E-state index in [1.165, 1.54) is 16.1 Å². The summed E-state index contributed by atoms with van der Waals surface area (Å²) in [5, 5.41) is 7.83. The molecule has 0 aromatic carbocycles. The van der Waals surface area contributed by atoms with Gasteiger partial charge >= 0.3 is 0 Å². The third-order valence-corrected chi connectivity index (χ3v) is 3.50. The van der Waals surface area contributed by atoms with Gasteiger partial charge in [-0.3, -0.25) is 9.67 Å². The Hall–Kier alpha value is -1.20. The van der Waals surface area contributed by atoms with E-state index in [9.17, 15) is 0 Å². The predicted molar refractivity (Wildman–Crippen MR) is 70.2 cm³/mol. The van der Waals surface area contributed by atoms with Crippen molar-refractivity contribution in [3.63, 3.8) is 0 Å². The van der Waals surface area contributed by atoms with Crippen molar-refractivity contribution in [3.05, 3.63) is 34.0 Å². The van der Waals surface area contributed by atoms with Gasteiger partial charge in [0.1, 0.15) is 0 Å². The zero-order valence-electron chi connectivity index (χ0n) is 10.3. The minimum absolute atomic E-state index is 0.824. The van der Waals surface area contributed by atoms with Crippen LogP contribution in [0.25, 0.3) is 0 Å². The van der Waals surface area contributed by atoms with E-state index in [0.717, 1.165) is 26.1 Å². The van der Waals surface area contributed by atoms with Crippen molar-refractivity contribution in [2.24, 2.45) is 0 Å². The Balaban J connectivity index is 1.99. The molecule has 0 atom stereocenters. The highest BCUT2D eigenvalue weighted by Gasteiger charge is 2.06. The van der Waals surface area contributed by atoms with Crippen molar-refractivity contribution in [1.82, 2.24) is 20.1 Å². The lowest BCUT2D eigenvalue weighted by molar-refractivity contribution is 0.655. The summed E-state index contributed by atoms with van der Waals surface area (Å²) in [5.41, 5.74) is 4.38. The quantitative estimate of drug-likeness (QED) is 0.799. The summed E-state index contributed by atoms with van der Waals surface area (Å²) in [6.45, 7) is 7.08. The highest BCUT2D eigenvalue weighted by Crippen LogP contribution is 2.12. The van der Waals surface area contributed by atoms with E-state index >= 15 is 0 Å². The van der Waals surface area contributed by atoms with Crippen molar-refractivity contribution in [1.29, 1.82) is 0 Å². The van der Waals surface area contributed by atoms with Crippen LogP contribution in [-0.2, 0) is 13.1 Å².